The minimum Gasteiger partial charge on any atom is -0.306 e. The lowest BCUT2D eigenvalue weighted by molar-refractivity contribution is 0.565. The van der Waals surface area contributed by atoms with Crippen LogP contribution in [0.3, 0.4) is 0 Å². The van der Waals surface area contributed by atoms with Gasteiger partial charge in [0.2, 0.25) is 0 Å². The molecule has 19 heavy (non-hydrogen) atoms. The molecular weight excluding hydrogens is 246 g/mol. The van der Waals surface area contributed by atoms with E-state index < -0.39 is 11.6 Å². The van der Waals surface area contributed by atoms with Gasteiger partial charge in [-0.1, -0.05) is 13.0 Å². The van der Waals surface area contributed by atoms with Crippen molar-refractivity contribution in [3.63, 3.8) is 0 Å². The molecule has 0 aliphatic heterocycles. The minimum absolute atomic E-state index is 0.261. The zero-order valence-corrected chi connectivity index (χ0v) is 11.0. The normalized spacial score (nSPS) is 12.4. The third-order valence-electron chi connectivity index (χ3n) is 2.89. The average molecular weight is 262 g/mol. The summed E-state index contributed by atoms with van der Waals surface area (Å²) >= 11 is 0. The molecule has 0 saturated heterocycles. The van der Waals surface area contributed by atoms with Gasteiger partial charge in [0.15, 0.2) is 0 Å². The molecule has 0 fully saturated rings. The summed E-state index contributed by atoms with van der Waals surface area (Å²) in [7, 11) is 0. The Balaban J connectivity index is 2.41. The number of nitrogens with one attached hydrogen (secondary N) is 1. The predicted octanol–water partition coefficient (Wildman–Crippen LogP) is 3.37. The first-order chi connectivity index (χ1) is 9.10. The molecule has 4 heteroatoms. The van der Waals surface area contributed by atoms with Crippen molar-refractivity contribution in [2.45, 2.75) is 19.9 Å². The Morgan fingerprint density at radius 2 is 1.79 bits per heavy atom. The number of hydrogen-bond acceptors (Lipinski definition) is 2. The number of aromatic nitrogens is 1. The van der Waals surface area contributed by atoms with Crippen LogP contribution in [0.4, 0.5) is 8.78 Å². The van der Waals surface area contributed by atoms with Crippen molar-refractivity contribution in [1.29, 1.82) is 0 Å². The molecule has 1 atom stereocenters. The topological polar surface area (TPSA) is 24.9 Å². The van der Waals surface area contributed by atoms with Gasteiger partial charge in [0.05, 0.1) is 6.04 Å². The predicted molar refractivity (Wildman–Crippen MR) is 70.9 cm³/mol. The van der Waals surface area contributed by atoms with Crippen LogP contribution < -0.4 is 5.32 Å². The van der Waals surface area contributed by atoms with Gasteiger partial charge < -0.3 is 5.32 Å². The largest absolute Gasteiger partial charge is 0.306 e. The van der Waals surface area contributed by atoms with Crippen LogP contribution in [0.25, 0.3) is 0 Å². The van der Waals surface area contributed by atoms with Crippen LogP contribution in [0.2, 0.25) is 0 Å². The van der Waals surface area contributed by atoms with Crippen LogP contribution in [0.1, 0.15) is 29.8 Å². The Hall–Kier alpha value is -1.81. The van der Waals surface area contributed by atoms with Gasteiger partial charge >= 0.3 is 0 Å². The van der Waals surface area contributed by atoms with Gasteiger partial charge in [0.25, 0.3) is 0 Å². The van der Waals surface area contributed by atoms with Crippen LogP contribution in [0.15, 0.2) is 36.5 Å². The van der Waals surface area contributed by atoms with Crippen molar-refractivity contribution in [3.8, 4) is 0 Å². The molecule has 2 nitrogen and oxygen atoms in total. The van der Waals surface area contributed by atoms with Crippen molar-refractivity contribution in [3.05, 3.63) is 65.0 Å². The molecule has 2 rings (SSSR count). The lowest BCUT2D eigenvalue weighted by Gasteiger charge is -2.19. The maximum absolute atomic E-state index is 13.3. The number of aryl methyl sites for hydroxylation is 1. The Morgan fingerprint density at radius 1 is 1.11 bits per heavy atom. The number of rotatable bonds is 4. The number of pyridine rings is 1. The summed E-state index contributed by atoms with van der Waals surface area (Å²) in [6, 6.07) is 7.10. The smallest absolute Gasteiger partial charge is 0.126 e. The third-order valence-corrected chi connectivity index (χ3v) is 2.89. The zero-order chi connectivity index (χ0) is 13.8. The molecule has 0 saturated carbocycles. The van der Waals surface area contributed by atoms with E-state index in [9.17, 15) is 8.78 Å². The Morgan fingerprint density at radius 3 is 2.32 bits per heavy atom. The van der Waals surface area contributed by atoms with E-state index in [1.54, 1.807) is 6.20 Å². The molecule has 1 unspecified atom stereocenters. The average Bonchev–Trinajstić information content (AvgIpc) is 2.36. The van der Waals surface area contributed by atoms with Crippen LogP contribution in [0.5, 0.6) is 0 Å². The summed E-state index contributed by atoms with van der Waals surface area (Å²) in [5.74, 6) is -1.14. The van der Waals surface area contributed by atoms with Gasteiger partial charge in [-0.3, -0.25) is 4.98 Å². The first-order valence-corrected chi connectivity index (χ1v) is 6.22. The minimum atomic E-state index is -0.571. The Kier molecular flexibility index (Phi) is 4.22. The Bertz CT molecular complexity index is 532. The molecular formula is C15H16F2N2. The fourth-order valence-electron chi connectivity index (χ4n) is 2.02. The zero-order valence-electron chi connectivity index (χ0n) is 11.0. The highest BCUT2D eigenvalue weighted by Crippen LogP contribution is 2.23. The maximum Gasteiger partial charge on any atom is 0.126 e. The summed E-state index contributed by atoms with van der Waals surface area (Å²) in [4.78, 5) is 4.23. The molecule has 2 aromatic rings. The standard InChI is InChI=1S/C15H16F2N2/c1-3-18-15(11-5-4-10(2)19-9-11)12-6-13(16)8-14(17)7-12/h4-9,15,18H,3H2,1-2H3. The van der Waals surface area contributed by atoms with Crippen molar-refractivity contribution in [2.24, 2.45) is 0 Å². The van der Waals surface area contributed by atoms with E-state index in [2.05, 4.69) is 10.3 Å². The molecule has 100 valence electrons. The molecule has 1 aromatic carbocycles. The number of benzene rings is 1. The third kappa shape index (κ3) is 3.35. The van der Waals surface area contributed by atoms with Crippen molar-refractivity contribution < 1.29 is 8.78 Å². The van der Waals surface area contributed by atoms with Gasteiger partial charge in [0.1, 0.15) is 11.6 Å². The molecule has 1 aromatic heterocycles. The van der Waals surface area contributed by atoms with Gasteiger partial charge in [-0.2, -0.15) is 0 Å². The molecule has 0 radical (unpaired) electrons. The van der Waals surface area contributed by atoms with Crippen LogP contribution in [0, 0.1) is 18.6 Å². The van der Waals surface area contributed by atoms with E-state index in [0.29, 0.717) is 12.1 Å². The lowest BCUT2D eigenvalue weighted by atomic mass is 9.99. The van der Waals surface area contributed by atoms with Gasteiger partial charge in [0, 0.05) is 18.0 Å². The van der Waals surface area contributed by atoms with Gasteiger partial charge in [-0.15, -0.1) is 0 Å². The number of hydrogen-bond donors (Lipinski definition) is 1. The van der Waals surface area contributed by atoms with E-state index in [1.807, 2.05) is 26.0 Å². The second-order valence-electron chi connectivity index (χ2n) is 4.43. The second kappa shape index (κ2) is 5.89. The summed E-state index contributed by atoms with van der Waals surface area (Å²) in [6.07, 6.45) is 1.73. The van der Waals surface area contributed by atoms with E-state index in [0.717, 1.165) is 17.3 Å². The summed E-state index contributed by atoms with van der Waals surface area (Å²) in [5.41, 5.74) is 2.35. The quantitative estimate of drug-likeness (QED) is 0.913. The molecule has 1 N–H and O–H groups in total. The van der Waals surface area contributed by atoms with Gasteiger partial charge in [-0.05, 0) is 42.8 Å². The van der Waals surface area contributed by atoms with Gasteiger partial charge in [-0.25, -0.2) is 8.78 Å². The van der Waals surface area contributed by atoms with E-state index >= 15 is 0 Å². The van der Waals surface area contributed by atoms with Crippen LogP contribution in [-0.4, -0.2) is 11.5 Å². The number of nitrogens with zero attached hydrogens (tertiary/aromatic N) is 1. The SMILES string of the molecule is CCNC(c1ccc(C)nc1)c1cc(F)cc(F)c1. The fourth-order valence-corrected chi connectivity index (χ4v) is 2.02. The fraction of sp³-hybridized carbons (Fsp3) is 0.267. The molecule has 0 aliphatic carbocycles. The summed E-state index contributed by atoms with van der Waals surface area (Å²) in [6.45, 7) is 4.54. The highest BCUT2D eigenvalue weighted by atomic mass is 19.1. The van der Waals surface area contributed by atoms with E-state index in [4.69, 9.17) is 0 Å². The van der Waals surface area contributed by atoms with Crippen molar-refractivity contribution >= 4 is 0 Å². The Labute approximate surface area is 111 Å². The maximum atomic E-state index is 13.3. The number of halogens is 2. The molecule has 0 amide bonds. The van der Waals surface area contributed by atoms with Crippen molar-refractivity contribution in [2.75, 3.05) is 6.54 Å². The summed E-state index contributed by atoms with van der Waals surface area (Å²) < 4.78 is 26.7. The first kappa shape index (κ1) is 13.6. The van der Waals surface area contributed by atoms with Crippen molar-refractivity contribution in [1.82, 2.24) is 10.3 Å². The lowest BCUT2D eigenvalue weighted by Crippen LogP contribution is -2.22. The highest BCUT2D eigenvalue weighted by Gasteiger charge is 2.15. The van der Waals surface area contributed by atoms with Crippen LogP contribution in [-0.2, 0) is 0 Å². The second-order valence-corrected chi connectivity index (χ2v) is 4.43. The molecule has 0 bridgehead atoms. The molecule has 0 aliphatic rings. The molecule has 0 spiro atoms. The van der Waals surface area contributed by atoms with E-state index in [-0.39, 0.29) is 6.04 Å². The molecule has 1 heterocycles. The van der Waals surface area contributed by atoms with E-state index in [1.165, 1.54) is 12.1 Å². The van der Waals surface area contributed by atoms with Crippen LogP contribution >= 0.6 is 0 Å². The highest BCUT2D eigenvalue weighted by molar-refractivity contribution is 5.31. The summed E-state index contributed by atoms with van der Waals surface area (Å²) in [5, 5.41) is 3.22. The first-order valence-electron chi connectivity index (χ1n) is 6.22. The monoisotopic (exact) mass is 262 g/mol.